The van der Waals surface area contributed by atoms with E-state index in [1.807, 2.05) is 80.6 Å². The summed E-state index contributed by atoms with van der Waals surface area (Å²) in [7, 11) is 0. The van der Waals surface area contributed by atoms with Crippen LogP contribution in [0.1, 0.15) is 23.6 Å². The minimum atomic E-state index is -0.694. The van der Waals surface area contributed by atoms with Crippen molar-refractivity contribution in [2.24, 2.45) is 0 Å². The molecule has 0 radical (unpaired) electrons. The number of carbonyl (C=O) groups excluding carboxylic acids is 2. The van der Waals surface area contributed by atoms with Gasteiger partial charge < -0.3 is 15.0 Å². The van der Waals surface area contributed by atoms with Gasteiger partial charge in [0.1, 0.15) is 11.8 Å². The van der Waals surface area contributed by atoms with Crippen LogP contribution in [0.3, 0.4) is 0 Å². The normalized spacial score (nSPS) is 11.5. The highest BCUT2D eigenvalue weighted by Crippen LogP contribution is 2.18. The molecule has 3 aromatic carbocycles. The minimum absolute atomic E-state index is 0.172. The summed E-state index contributed by atoms with van der Waals surface area (Å²) in [5, 5.41) is 3.46. The Hall–Kier alpha value is -3.31. The SMILES string of the molecule is CCNC(=O)[C@@H](Cc1ccccc1)N(Cc1cccc(Cl)c1)C(=O)COc1cccc(C)c1. The van der Waals surface area contributed by atoms with Gasteiger partial charge in [-0.3, -0.25) is 9.59 Å². The zero-order chi connectivity index (χ0) is 23.6. The maximum atomic E-state index is 13.4. The van der Waals surface area contributed by atoms with Gasteiger partial charge >= 0.3 is 0 Å². The number of nitrogens with one attached hydrogen (secondary N) is 1. The van der Waals surface area contributed by atoms with Gasteiger partial charge in [-0.2, -0.15) is 0 Å². The molecule has 0 aliphatic rings. The van der Waals surface area contributed by atoms with Crippen LogP contribution in [0.15, 0.2) is 78.9 Å². The van der Waals surface area contributed by atoms with Gasteiger partial charge in [0.2, 0.25) is 5.91 Å². The largest absolute Gasteiger partial charge is 0.484 e. The number of hydrogen-bond acceptors (Lipinski definition) is 3. The number of halogens is 1. The van der Waals surface area contributed by atoms with Gasteiger partial charge in [-0.25, -0.2) is 0 Å². The molecular weight excluding hydrogens is 436 g/mol. The van der Waals surface area contributed by atoms with Crippen molar-refractivity contribution in [3.8, 4) is 5.75 Å². The average molecular weight is 465 g/mol. The third kappa shape index (κ3) is 7.36. The highest BCUT2D eigenvalue weighted by atomic mass is 35.5. The maximum Gasteiger partial charge on any atom is 0.261 e. The minimum Gasteiger partial charge on any atom is -0.484 e. The first-order chi connectivity index (χ1) is 16.0. The van der Waals surface area contributed by atoms with E-state index >= 15 is 0 Å². The van der Waals surface area contributed by atoms with Crippen LogP contribution in [-0.4, -0.2) is 35.9 Å². The van der Waals surface area contributed by atoms with Crippen molar-refractivity contribution >= 4 is 23.4 Å². The zero-order valence-corrected chi connectivity index (χ0v) is 19.7. The van der Waals surface area contributed by atoms with E-state index in [0.29, 0.717) is 23.7 Å². The summed E-state index contributed by atoms with van der Waals surface area (Å²) in [6.07, 6.45) is 0.392. The molecule has 0 aliphatic heterocycles. The molecule has 0 aromatic heterocycles. The molecule has 3 aromatic rings. The van der Waals surface area contributed by atoms with Crippen molar-refractivity contribution in [2.75, 3.05) is 13.2 Å². The van der Waals surface area contributed by atoms with Gasteiger partial charge in [-0.15, -0.1) is 0 Å². The fourth-order valence-corrected chi connectivity index (χ4v) is 3.82. The summed E-state index contributed by atoms with van der Waals surface area (Å²) in [6, 6.07) is 23.8. The summed E-state index contributed by atoms with van der Waals surface area (Å²) >= 11 is 6.18. The number of ether oxygens (including phenoxy) is 1. The Kier molecular flexibility index (Phi) is 8.90. The lowest BCUT2D eigenvalue weighted by atomic mass is 10.0. The Morgan fingerprint density at radius 3 is 2.39 bits per heavy atom. The Balaban J connectivity index is 1.89. The monoisotopic (exact) mass is 464 g/mol. The molecule has 1 atom stereocenters. The maximum absolute atomic E-state index is 13.4. The first-order valence-electron chi connectivity index (χ1n) is 11.0. The molecule has 3 rings (SSSR count). The van der Waals surface area contributed by atoms with Gasteiger partial charge in [0.25, 0.3) is 5.91 Å². The second kappa shape index (κ2) is 12.1. The number of benzene rings is 3. The molecule has 0 unspecified atom stereocenters. The summed E-state index contributed by atoms with van der Waals surface area (Å²) in [6.45, 7) is 4.37. The third-order valence-electron chi connectivity index (χ3n) is 5.22. The number of amides is 2. The highest BCUT2D eigenvalue weighted by molar-refractivity contribution is 6.30. The molecule has 0 spiro atoms. The molecule has 0 heterocycles. The number of carbonyl (C=O) groups is 2. The van der Waals surface area contributed by atoms with Crippen molar-refractivity contribution in [1.82, 2.24) is 10.2 Å². The van der Waals surface area contributed by atoms with Crippen molar-refractivity contribution in [3.63, 3.8) is 0 Å². The number of aryl methyl sites for hydroxylation is 1. The lowest BCUT2D eigenvalue weighted by Gasteiger charge is -2.31. The molecule has 6 heteroatoms. The van der Waals surface area contributed by atoms with Crippen LogP contribution < -0.4 is 10.1 Å². The van der Waals surface area contributed by atoms with Gasteiger partial charge in [0.05, 0.1) is 0 Å². The summed E-state index contributed by atoms with van der Waals surface area (Å²) in [4.78, 5) is 28.1. The number of hydrogen-bond donors (Lipinski definition) is 1. The van der Waals surface area contributed by atoms with Gasteiger partial charge in [0, 0.05) is 24.5 Å². The van der Waals surface area contributed by atoms with Crippen LogP contribution in [0.2, 0.25) is 5.02 Å². The highest BCUT2D eigenvalue weighted by Gasteiger charge is 2.30. The number of nitrogens with zero attached hydrogens (tertiary/aromatic N) is 1. The Morgan fingerprint density at radius 2 is 1.70 bits per heavy atom. The third-order valence-corrected chi connectivity index (χ3v) is 5.45. The molecule has 0 fully saturated rings. The Labute approximate surface area is 200 Å². The van der Waals surface area contributed by atoms with Crippen molar-refractivity contribution in [1.29, 1.82) is 0 Å². The Morgan fingerprint density at radius 1 is 0.970 bits per heavy atom. The zero-order valence-electron chi connectivity index (χ0n) is 19.0. The lowest BCUT2D eigenvalue weighted by Crippen LogP contribution is -2.51. The lowest BCUT2D eigenvalue weighted by molar-refractivity contribution is -0.142. The van der Waals surface area contributed by atoms with Crippen LogP contribution >= 0.6 is 11.6 Å². The van der Waals surface area contributed by atoms with Gasteiger partial charge in [0.15, 0.2) is 6.61 Å². The molecule has 2 amide bonds. The fraction of sp³-hybridized carbons (Fsp3) is 0.259. The molecule has 172 valence electrons. The van der Waals surface area contributed by atoms with E-state index in [2.05, 4.69) is 5.32 Å². The van der Waals surface area contributed by atoms with Crippen LogP contribution in [0, 0.1) is 6.92 Å². The van der Waals surface area contributed by atoms with E-state index in [9.17, 15) is 9.59 Å². The van der Waals surface area contributed by atoms with Crippen LogP contribution in [0.4, 0.5) is 0 Å². The molecule has 0 saturated heterocycles. The van der Waals surface area contributed by atoms with E-state index in [1.54, 1.807) is 17.0 Å². The van der Waals surface area contributed by atoms with Crippen molar-refractivity contribution in [2.45, 2.75) is 32.9 Å². The van der Waals surface area contributed by atoms with Crippen molar-refractivity contribution < 1.29 is 14.3 Å². The van der Waals surface area contributed by atoms with Crippen LogP contribution in [-0.2, 0) is 22.6 Å². The second-order valence-electron chi connectivity index (χ2n) is 7.86. The summed E-state index contributed by atoms with van der Waals surface area (Å²) in [5.41, 5.74) is 2.85. The standard InChI is InChI=1S/C27H29ClN2O3/c1-3-29-27(32)25(17-21-10-5-4-6-11-21)30(18-22-12-8-13-23(28)16-22)26(31)19-33-24-14-7-9-20(2)15-24/h4-16,25H,3,17-19H2,1-2H3,(H,29,32)/t25-/m1/s1. The molecule has 0 saturated carbocycles. The van der Waals surface area contributed by atoms with Crippen molar-refractivity contribution in [3.05, 3.63) is 101 Å². The van der Waals surface area contributed by atoms with Crippen LogP contribution in [0.25, 0.3) is 0 Å². The molecule has 5 nitrogen and oxygen atoms in total. The first kappa shape index (κ1) is 24.3. The van der Waals surface area contributed by atoms with E-state index in [-0.39, 0.29) is 25.0 Å². The molecular formula is C27H29ClN2O3. The predicted octanol–water partition coefficient (Wildman–Crippen LogP) is 4.80. The van der Waals surface area contributed by atoms with E-state index in [0.717, 1.165) is 16.7 Å². The molecule has 0 bridgehead atoms. The Bertz CT molecular complexity index is 1070. The molecule has 0 aliphatic carbocycles. The van der Waals surface area contributed by atoms with Gasteiger partial charge in [-0.05, 0) is 54.8 Å². The van der Waals surface area contributed by atoms with E-state index in [1.165, 1.54) is 0 Å². The first-order valence-corrected chi connectivity index (χ1v) is 11.4. The van der Waals surface area contributed by atoms with E-state index in [4.69, 9.17) is 16.3 Å². The molecule has 1 N–H and O–H groups in total. The summed E-state index contributed by atoms with van der Waals surface area (Å²) in [5.74, 6) is 0.139. The number of rotatable bonds is 10. The summed E-state index contributed by atoms with van der Waals surface area (Å²) < 4.78 is 5.78. The quantitative estimate of drug-likeness (QED) is 0.468. The van der Waals surface area contributed by atoms with Crippen LogP contribution in [0.5, 0.6) is 5.75 Å². The molecule has 33 heavy (non-hydrogen) atoms. The second-order valence-corrected chi connectivity index (χ2v) is 8.29. The smallest absolute Gasteiger partial charge is 0.261 e. The number of likely N-dealkylation sites (N-methyl/N-ethyl adjacent to an activating group) is 1. The fourth-order valence-electron chi connectivity index (χ4n) is 3.61. The average Bonchev–Trinajstić information content (AvgIpc) is 2.80. The predicted molar refractivity (Wildman–Crippen MR) is 131 cm³/mol. The van der Waals surface area contributed by atoms with Gasteiger partial charge in [-0.1, -0.05) is 66.2 Å². The van der Waals surface area contributed by atoms with E-state index < -0.39 is 6.04 Å². The topological polar surface area (TPSA) is 58.6 Å².